The predicted molar refractivity (Wildman–Crippen MR) is 86.6 cm³/mol. The molecule has 4 rings (SSSR count). The molecule has 1 aromatic heterocycles. The second-order valence-electron chi connectivity index (χ2n) is 7.47. The van der Waals surface area contributed by atoms with Gasteiger partial charge in [-0.15, -0.1) is 10.2 Å². The topological polar surface area (TPSA) is 85.8 Å². The zero-order valence-electron chi connectivity index (χ0n) is 13.7. The quantitative estimate of drug-likeness (QED) is 0.869. The van der Waals surface area contributed by atoms with Crippen molar-refractivity contribution in [1.82, 2.24) is 20.1 Å². The third kappa shape index (κ3) is 2.77. The van der Waals surface area contributed by atoms with E-state index in [4.69, 9.17) is 5.73 Å². The Kier molecular flexibility index (Phi) is 4.09. The van der Waals surface area contributed by atoms with E-state index >= 15 is 0 Å². The minimum atomic E-state index is 0.0317. The molecule has 0 spiro atoms. The second-order valence-corrected chi connectivity index (χ2v) is 7.47. The van der Waals surface area contributed by atoms with Crippen molar-refractivity contribution < 1.29 is 4.79 Å². The van der Waals surface area contributed by atoms with Gasteiger partial charge in [0, 0.05) is 32.0 Å². The molecule has 126 valence electrons. The number of hydrogen-bond donors (Lipinski definition) is 2. The van der Waals surface area contributed by atoms with E-state index in [9.17, 15) is 4.79 Å². The Labute approximate surface area is 137 Å². The molecule has 2 saturated carbocycles. The normalized spacial score (nSPS) is 32.6. The molecule has 1 aromatic rings. The van der Waals surface area contributed by atoms with Crippen LogP contribution in [0.15, 0.2) is 0 Å². The highest BCUT2D eigenvalue weighted by molar-refractivity contribution is 5.80. The number of aromatic nitrogens is 3. The summed E-state index contributed by atoms with van der Waals surface area (Å²) in [4.78, 5) is 12.5. The Bertz CT molecular complexity index is 582. The van der Waals surface area contributed by atoms with E-state index in [0.29, 0.717) is 18.4 Å². The fourth-order valence-electron chi connectivity index (χ4n) is 4.87. The summed E-state index contributed by atoms with van der Waals surface area (Å²) < 4.78 is 2.25. The number of carbonyl (C=O) groups is 1. The Hall–Kier alpha value is -1.43. The van der Waals surface area contributed by atoms with E-state index in [0.717, 1.165) is 37.5 Å². The van der Waals surface area contributed by atoms with Gasteiger partial charge in [0.2, 0.25) is 5.91 Å². The van der Waals surface area contributed by atoms with E-state index in [1.165, 1.54) is 32.1 Å². The van der Waals surface area contributed by atoms with Crippen molar-refractivity contribution in [2.24, 2.45) is 23.5 Å². The molecular formula is C17H27N5O. The molecule has 2 heterocycles. The molecule has 2 fully saturated rings. The van der Waals surface area contributed by atoms with Crippen LogP contribution in [0.4, 0.5) is 0 Å². The highest BCUT2D eigenvalue weighted by Crippen LogP contribution is 2.47. The number of fused-ring (bicyclic) bond motifs is 3. The van der Waals surface area contributed by atoms with Gasteiger partial charge in [-0.3, -0.25) is 4.79 Å². The first-order valence-electron chi connectivity index (χ1n) is 9.18. The molecule has 1 aliphatic heterocycles. The van der Waals surface area contributed by atoms with Crippen molar-refractivity contribution in [3.8, 4) is 0 Å². The maximum Gasteiger partial charge on any atom is 0.224 e. The molecule has 23 heavy (non-hydrogen) atoms. The summed E-state index contributed by atoms with van der Waals surface area (Å²) in [5, 5.41) is 11.7. The van der Waals surface area contributed by atoms with Gasteiger partial charge < -0.3 is 15.6 Å². The van der Waals surface area contributed by atoms with Gasteiger partial charge in [-0.1, -0.05) is 6.42 Å². The summed E-state index contributed by atoms with van der Waals surface area (Å²) in [7, 11) is 0. The van der Waals surface area contributed by atoms with Crippen LogP contribution in [0.25, 0.3) is 0 Å². The van der Waals surface area contributed by atoms with Crippen LogP contribution in [0.3, 0.4) is 0 Å². The predicted octanol–water partition coefficient (Wildman–Crippen LogP) is 1.04. The summed E-state index contributed by atoms with van der Waals surface area (Å²) in [6.07, 6.45) is 8.99. The van der Waals surface area contributed by atoms with E-state index < -0.39 is 0 Å². The molecule has 3 N–H and O–H groups in total. The van der Waals surface area contributed by atoms with E-state index in [2.05, 4.69) is 20.1 Å². The smallest absolute Gasteiger partial charge is 0.224 e. The fourth-order valence-corrected chi connectivity index (χ4v) is 4.87. The maximum absolute atomic E-state index is 12.5. The van der Waals surface area contributed by atoms with E-state index in [-0.39, 0.29) is 17.9 Å². The van der Waals surface area contributed by atoms with Gasteiger partial charge in [0.15, 0.2) is 0 Å². The Morgan fingerprint density at radius 1 is 1.22 bits per heavy atom. The number of carbonyl (C=O) groups excluding carboxylic acids is 1. The first-order valence-corrected chi connectivity index (χ1v) is 9.18. The van der Waals surface area contributed by atoms with Crippen LogP contribution >= 0.6 is 0 Å². The van der Waals surface area contributed by atoms with Crippen LogP contribution < -0.4 is 11.1 Å². The SMILES string of the molecule is NC1C2CCC(C2)C1C(=O)NCCc1nnc2n1CCCCC2. The zero-order chi connectivity index (χ0) is 15.8. The first kappa shape index (κ1) is 15.1. The molecule has 6 heteroatoms. The van der Waals surface area contributed by atoms with Gasteiger partial charge >= 0.3 is 0 Å². The monoisotopic (exact) mass is 317 g/mol. The number of hydrogen-bond acceptors (Lipinski definition) is 4. The van der Waals surface area contributed by atoms with Crippen molar-refractivity contribution in [2.45, 2.75) is 64.0 Å². The van der Waals surface area contributed by atoms with Crippen molar-refractivity contribution >= 4 is 5.91 Å². The molecule has 6 nitrogen and oxygen atoms in total. The summed E-state index contributed by atoms with van der Waals surface area (Å²) in [6.45, 7) is 1.65. The molecular weight excluding hydrogens is 290 g/mol. The van der Waals surface area contributed by atoms with Crippen molar-refractivity contribution in [3.05, 3.63) is 11.6 Å². The third-order valence-corrected chi connectivity index (χ3v) is 6.12. The minimum absolute atomic E-state index is 0.0317. The van der Waals surface area contributed by atoms with Gasteiger partial charge in [-0.25, -0.2) is 0 Å². The summed E-state index contributed by atoms with van der Waals surface area (Å²) in [5.41, 5.74) is 6.25. The summed E-state index contributed by atoms with van der Waals surface area (Å²) in [5.74, 6) is 3.39. The molecule has 4 atom stereocenters. The van der Waals surface area contributed by atoms with Crippen molar-refractivity contribution in [2.75, 3.05) is 6.54 Å². The second kappa shape index (κ2) is 6.23. The van der Waals surface area contributed by atoms with Crippen molar-refractivity contribution in [1.29, 1.82) is 0 Å². The van der Waals surface area contributed by atoms with Gasteiger partial charge in [0.25, 0.3) is 0 Å². The van der Waals surface area contributed by atoms with Crippen molar-refractivity contribution in [3.63, 3.8) is 0 Å². The van der Waals surface area contributed by atoms with Crippen LogP contribution in [-0.2, 0) is 24.2 Å². The minimum Gasteiger partial charge on any atom is -0.355 e. The summed E-state index contributed by atoms with van der Waals surface area (Å²) in [6, 6.07) is 0.0677. The molecule has 0 radical (unpaired) electrons. The van der Waals surface area contributed by atoms with Gasteiger partial charge in [-0.2, -0.15) is 0 Å². The molecule has 0 saturated heterocycles. The van der Waals surface area contributed by atoms with Crippen LogP contribution in [-0.4, -0.2) is 33.3 Å². The average Bonchev–Trinajstić information content (AvgIpc) is 3.18. The van der Waals surface area contributed by atoms with Gasteiger partial charge in [0.05, 0.1) is 5.92 Å². The standard InChI is InChI=1S/C17H27N5O/c18-16-12-6-5-11(10-12)15(16)17(23)19-8-7-14-21-20-13-4-2-1-3-9-22(13)14/h11-12,15-16H,1-10,18H2,(H,19,23). The van der Waals surface area contributed by atoms with E-state index in [1.54, 1.807) is 0 Å². The average molecular weight is 317 g/mol. The first-order chi connectivity index (χ1) is 11.2. The lowest BCUT2D eigenvalue weighted by molar-refractivity contribution is -0.127. The lowest BCUT2D eigenvalue weighted by atomic mass is 9.84. The Morgan fingerprint density at radius 2 is 2.09 bits per heavy atom. The summed E-state index contributed by atoms with van der Waals surface area (Å²) >= 11 is 0. The number of nitrogens with zero attached hydrogens (tertiary/aromatic N) is 3. The lowest BCUT2D eigenvalue weighted by Gasteiger charge is -2.27. The molecule has 1 amide bonds. The van der Waals surface area contributed by atoms with E-state index in [1.807, 2.05) is 0 Å². The maximum atomic E-state index is 12.5. The molecule has 2 bridgehead atoms. The molecule has 4 unspecified atom stereocenters. The highest BCUT2D eigenvalue weighted by atomic mass is 16.1. The number of amides is 1. The number of nitrogens with one attached hydrogen (secondary N) is 1. The Balaban J connectivity index is 1.32. The van der Waals surface area contributed by atoms with Crippen LogP contribution in [0.1, 0.15) is 50.2 Å². The number of nitrogens with two attached hydrogens (primary N) is 1. The number of rotatable bonds is 4. The third-order valence-electron chi connectivity index (χ3n) is 6.12. The van der Waals surface area contributed by atoms with Gasteiger partial charge in [0.1, 0.15) is 11.6 Å². The largest absolute Gasteiger partial charge is 0.355 e. The highest BCUT2D eigenvalue weighted by Gasteiger charge is 2.48. The van der Waals surface area contributed by atoms with Gasteiger partial charge in [-0.05, 0) is 43.9 Å². The van der Waals surface area contributed by atoms with Crippen LogP contribution in [0, 0.1) is 17.8 Å². The zero-order valence-corrected chi connectivity index (χ0v) is 13.7. The number of aryl methyl sites for hydroxylation is 1. The molecule has 3 aliphatic rings. The molecule has 2 aliphatic carbocycles. The fraction of sp³-hybridized carbons (Fsp3) is 0.824. The Morgan fingerprint density at radius 3 is 2.91 bits per heavy atom. The van der Waals surface area contributed by atoms with Crippen LogP contribution in [0.2, 0.25) is 0 Å². The molecule has 0 aromatic carbocycles. The van der Waals surface area contributed by atoms with Crippen LogP contribution in [0.5, 0.6) is 0 Å². The lowest BCUT2D eigenvalue weighted by Crippen LogP contribution is -2.45.